The van der Waals surface area contributed by atoms with Gasteiger partial charge in [-0.05, 0) is 31.2 Å². The molecule has 1 aromatic heterocycles. The molecule has 0 fully saturated rings. The van der Waals surface area contributed by atoms with E-state index in [4.69, 9.17) is 27.9 Å². The van der Waals surface area contributed by atoms with Crippen molar-refractivity contribution in [2.75, 3.05) is 6.54 Å². The Hall–Kier alpha value is -1.29. The number of rotatable bonds is 5. The Morgan fingerprint density at radius 3 is 2.70 bits per heavy atom. The van der Waals surface area contributed by atoms with E-state index in [-0.39, 0.29) is 0 Å². The zero-order chi connectivity index (χ0) is 14.5. The normalized spacial score (nSPS) is 10.6. The molecule has 0 spiro atoms. The molecule has 5 heteroatoms. The molecule has 0 saturated heterocycles. The van der Waals surface area contributed by atoms with Crippen molar-refractivity contribution in [3.05, 3.63) is 51.6 Å². The highest BCUT2D eigenvalue weighted by Gasteiger charge is 2.07. The first-order valence-electron chi connectivity index (χ1n) is 6.40. The number of nitrogens with zero attached hydrogens (tertiary/aromatic N) is 1. The van der Waals surface area contributed by atoms with Crippen LogP contribution in [0.3, 0.4) is 0 Å². The van der Waals surface area contributed by atoms with Crippen LogP contribution in [0.1, 0.15) is 18.2 Å². The lowest BCUT2D eigenvalue weighted by molar-refractivity contribution is 0.461. The van der Waals surface area contributed by atoms with Gasteiger partial charge in [0.15, 0.2) is 0 Å². The van der Waals surface area contributed by atoms with E-state index in [1.54, 1.807) is 18.2 Å². The van der Waals surface area contributed by atoms with E-state index in [0.29, 0.717) is 21.7 Å². The molecule has 1 heterocycles. The van der Waals surface area contributed by atoms with Gasteiger partial charge in [0.2, 0.25) is 5.88 Å². The summed E-state index contributed by atoms with van der Waals surface area (Å²) in [4.78, 5) is 4.43. The molecule has 0 bridgehead atoms. The molecule has 0 aliphatic rings. The Bertz CT molecular complexity index is 602. The maximum absolute atomic E-state index is 6.06. The van der Waals surface area contributed by atoms with Crippen molar-refractivity contribution in [2.24, 2.45) is 0 Å². The highest BCUT2D eigenvalue weighted by Crippen LogP contribution is 2.31. The minimum Gasteiger partial charge on any atom is -0.437 e. The zero-order valence-electron chi connectivity index (χ0n) is 11.4. The molecular weight excluding hydrogens is 295 g/mol. The highest BCUT2D eigenvalue weighted by atomic mass is 35.5. The first kappa shape index (κ1) is 15.1. The van der Waals surface area contributed by atoms with Gasteiger partial charge in [0.1, 0.15) is 5.75 Å². The van der Waals surface area contributed by atoms with Gasteiger partial charge in [-0.15, -0.1) is 0 Å². The third-order valence-electron chi connectivity index (χ3n) is 2.84. The minimum atomic E-state index is 0.505. The standard InChI is InChI=1S/C15H16Cl2N2O/c1-3-18-9-11-4-7-15(19-10(11)2)20-14-8-12(16)5-6-13(14)17/h4-8,18H,3,9H2,1-2H3. The van der Waals surface area contributed by atoms with Gasteiger partial charge in [0.05, 0.1) is 5.02 Å². The molecule has 0 amide bonds. The molecule has 1 N–H and O–H groups in total. The van der Waals surface area contributed by atoms with Gasteiger partial charge in [-0.1, -0.05) is 36.2 Å². The molecule has 106 valence electrons. The first-order chi connectivity index (χ1) is 9.60. The van der Waals surface area contributed by atoms with E-state index >= 15 is 0 Å². The van der Waals surface area contributed by atoms with Crippen LogP contribution in [0.15, 0.2) is 30.3 Å². The topological polar surface area (TPSA) is 34.1 Å². The van der Waals surface area contributed by atoms with E-state index < -0.39 is 0 Å². The average molecular weight is 311 g/mol. The quantitative estimate of drug-likeness (QED) is 0.876. The number of pyridine rings is 1. The summed E-state index contributed by atoms with van der Waals surface area (Å²) in [5, 5.41) is 4.35. The van der Waals surface area contributed by atoms with Crippen LogP contribution in [0, 0.1) is 6.92 Å². The van der Waals surface area contributed by atoms with Crippen LogP contribution in [-0.4, -0.2) is 11.5 Å². The van der Waals surface area contributed by atoms with Gasteiger partial charge in [0, 0.05) is 29.4 Å². The maximum atomic E-state index is 6.06. The predicted octanol–water partition coefficient (Wildman–Crippen LogP) is 4.60. The third-order valence-corrected chi connectivity index (χ3v) is 3.39. The van der Waals surface area contributed by atoms with Gasteiger partial charge in [-0.2, -0.15) is 0 Å². The summed E-state index contributed by atoms with van der Waals surface area (Å²) in [7, 11) is 0. The molecule has 1 aromatic carbocycles. The summed E-state index contributed by atoms with van der Waals surface area (Å²) in [6.07, 6.45) is 0. The average Bonchev–Trinajstić information content (AvgIpc) is 2.42. The van der Waals surface area contributed by atoms with Crippen LogP contribution in [0.4, 0.5) is 0 Å². The molecule has 3 nitrogen and oxygen atoms in total. The van der Waals surface area contributed by atoms with E-state index in [0.717, 1.165) is 24.3 Å². The van der Waals surface area contributed by atoms with Crippen molar-refractivity contribution in [3.8, 4) is 11.6 Å². The van der Waals surface area contributed by atoms with Crippen LogP contribution < -0.4 is 10.1 Å². The molecule has 20 heavy (non-hydrogen) atoms. The van der Waals surface area contributed by atoms with Crippen LogP contribution >= 0.6 is 23.2 Å². The van der Waals surface area contributed by atoms with E-state index in [1.165, 1.54) is 0 Å². The number of halogens is 2. The van der Waals surface area contributed by atoms with Crippen molar-refractivity contribution < 1.29 is 4.74 Å². The van der Waals surface area contributed by atoms with Crippen LogP contribution in [-0.2, 0) is 6.54 Å². The Morgan fingerprint density at radius 2 is 2.00 bits per heavy atom. The monoisotopic (exact) mass is 310 g/mol. The summed E-state index contributed by atoms with van der Waals surface area (Å²) in [6, 6.07) is 8.92. The smallest absolute Gasteiger partial charge is 0.219 e. The van der Waals surface area contributed by atoms with Gasteiger partial charge in [-0.3, -0.25) is 0 Å². The molecule has 0 aliphatic carbocycles. The van der Waals surface area contributed by atoms with Crippen LogP contribution in [0.5, 0.6) is 11.6 Å². The second-order valence-corrected chi connectivity index (χ2v) is 5.19. The summed E-state index contributed by atoms with van der Waals surface area (Å²) >= 11 is 12.0. The van der Waals surface area contributed by atoms with Crippen LogP contribution in [0.2, 0.25) is 10.0 Å². The Labute approximate surface area is 128 Å². The third kappa shape index (κ3) is 3.85. The fourth-order valence-corrected chi connectivity index (χ4v) is 2.06. The lowest BCUT2D eigenvalue weighted by atomic mass is 10.2. The van der Waals surface area contributed by atoms with Crippen molar-refractivity contribution >= 4 is 23.2 Å². The predicted molar refractivity (Wildman–Crippen MR) is 82.9 cm³/mol. The van der Waals surface area contributed by atoms with Crippen molar-refractivity contribution in [1.82, 2.24) is 10.3 Å². The Morgan fingerprint density at radius 1 is 1.20 bits per heavy atom. The molecule has 2 aromatic rings. The van der Waals surface area contributed by atoms with Gasteiger partial charge >= 0.3 is 0 Å². The lowest BCUT2D eigenvalue weighted by Crippen LogP contribution is -2.13. The van der Waals surface area contributed by atoms with E-state index in [9.17, 15) is 0 Å². The first-order valence-corrected chi connectivity index (χ1v) is 7.16. The summed E-state index contributed by atoms with van der Waals surface area (Å²) < 4.78 is 5.68. The number of nitrogens with one attached hydrogen (secondary N) is 1. The number of benzene rings is 1. The number of aromatic nitrogens is 1. The van der Waals surface area contributed by atoms with Gasteiger partial charge < -0.3 is 10.1 Å². The van der Waals surface area contributed by atoms with Crippen molar-refractivity contribution in [2.45, 2.75) is 20.4 Å². The molecular formula is C15H16Cl2N2O. The number of hydrogen-bond donors (Lipinski definition) is 1. The molecule has 0 unspecified atom stereocenters. The Kier molecular flexibility index (Phi) is 5.24. The molecule has 0 atom stereocenters. The second-order valence-electron chi connectivity index (χ2n) is 4.35. The maximum Gasteiger partial charge on any atom is 0.219 e. The fourth-order valence-electron chi connectivity index (χ4n) is 1.74. The van der Waals surface area contributed by atoms with Gasteiger partial charge in [-0.25, -0.2) is 4.98 Å². The van der Waals surface area contributed by atoms with Gasteiger partial charge in [0.25, 0.3) is 0 Å². The molecule has 0 aliphatic heterocycles. The summed E-state index contributed by atoms with van der Waals surface area (Å²) in [5.41, 5.74) is 2.08. The number of aryl methyl sites for hydroxylation is 1. The van der Waals surface area contributed by atoms with Crippen LogP contribution in [0.25, 0.3) is 0 Å². The number of ether oxygens (including phenoxy) is 1. The number of hydrogen-bond acceptors (Lipinski definition) is 3. The highest BCUT2D eigenvalue weighted by molar-refractivity contribution is 6.34. The molecule has 0 saturated carbocycles. The molecule has 0 radical (unpaired) electrons. The summed E-state index contributed by atoms with van der Waals surface area (Å²) in [6.45, 7) is 5.75. The zero-order valence-corrected chi connectivity index (χ0v) is 12.9. The van der Waals surface area contributed by atoms with E-state index in [2.05, 4.69) is 17.2 Å². The van der Waals surface area contributed by atoms with Crippen molar-refractivity contribution in [3.63, 3.8) is 0 Å². The molecule has 2 rings (SSSR count). The minimum absolute atomic E-state index is 0.505. The second kappa shape index (κ2) is 6.93. The fraction of sp³-hybridized carbons (Fsp3) is 0.267. The van der Waals surface area contributed by atoms with Crippen molar-refractivity contribution in [1.29, 1.82) is 0 Å². The SMILES string of the molecule is CCNCc1ccc(Oc2cc(Cl)ccc2Cl)nc1C. The van der Waals surface area contributed by atoms with E-state index in [1.807, 2.05) is 19.1 Å². The largest absolute Gasteiger partial charge is 0.437 e. The summed E-state index contributed by atoms with van der Waals surface area (Å²) in [5.74, 6) is 1.01. The Balaban J connectivity index is 2.17. The lowest BCUT2D eigenvalue weighted by Gasteiger charge is -2.10.